The lowest BCUT2D eigenvalue weighted by Crippen LogP contribution is -2.29. The zero-order valence-corrected chi connectivity index (χ0v) is 15.8. The van der Waals surface area contributed by atoms with Crippen molar-refractivity contribution in [2.45, 2.75) is 13.8 Å². The first-order valence-electron chi connectivity index (χ1n) is 8.37. The van der Waals surface area contributed by atoms with Gasteiger partial charge in [0.05, 0.1) is 30.3 Å². The number of nitrogens with one attached hydrogen (secondary N) is 3. The van der Waals surface area contributed by atoms with Crippen molar-refractivity contribution in [1.82, 2.24) is 15.3 Å². The minimum absolute atomic E-state index is 0.343. The Morgan fingerprint density at radius 3 is 2.85 bits per heavy atom. The summed E-state index contributed by atoms with van der Waals surface area (Å²) in [5, 5.41) is 9.07. The number of anilines is 2. The fraction of sp³-hybridized carbons (Fsp3) is 0.278. The largest absolute Gasteiger partial charge is 0.492 e. The smallest absolute Gasteiger partial charge is 0.325 e. The minimum Gasteiger partial charge on any atom is -0.492 e. The standard InChI is InChI=1S/C18H20ClN5O3/c1-11-5-15(23-18(25)24-17-9-21-12(2)7-22-17)16(6-14(11)19)27-10-13-8-20-3-4-26-13/h5-7,9-10,20H,3-4,8H2,1-2H3,(H2,22,23,24,25)/b13-10-. The van der Waals surface area contributed by atoms with Gasteiger partial charge in [-0.15, -0.1) is 0 Å². The molecule has 0 saturated carbocycles. The fourth-order valence-electron chi connectivity index (χ4n) is 2.31. The summed E-state index contributed by atoms with van der Waals surface area (Å²) in [4.78, 5) is 20.5. The molecule has 2 amide bonds. The molecule has 1 saturated heterocycles. The van der Waals surface area contributed by atoms with Gasteiger partial charge >= 0.3 is 6.03 Å². The summed E-state index contributed by atoms with van der Waals surface area (Å²) in [6.07, 6.45) is 4.56. The van der Waals surface area contributed by atoms with E-state index in [9.17, 15) is 4.79 Å². The van der Waals surface area contributed by atoms with Crippen molar-refractivity contribution in [1.29, 1.82) is 0 Å². The summed E-state index contributed by atoms with van der Waals surface area (Å²) < 4.78 is 11.2. The lowest BCUT2D eigenvalue weighted by molar-refractivity contribution is 0.168. The van der Waals surface area contributed by atoms with Crippen molar-refractivity contribution in [3.05, 3.63) is 52.8 Å². The molecule has 1 aromatic heterocycles. The number of carbonyl (C=O) groups is 1. The van der Waals surface area contributed by atoms with Gasteiger partial charge in [0.1, 0.15) is 18.6 Å². The number of urea groups is 1. The predicted octanol–water partition coefficient (Wildman–Crippen LogP) is 3.23. The highest BCUT2D eigenvalue weighted by Gasteiger charge is 2.13. The molecule has 0 aliphatic carbocycles. The Balaban J connectivity index is 1.73. The fourth-order valence-corrected chi connectivity index (χ4v) is 2.46. The summed E-state index contributed by atoms with van der Waals surface area (Å²) in [6.45, 7) is 5.61. The summed E-state index contributed by atoms with van der Waals surface area (Å²) >= 11 is 6.20. The van der Waals surface area contributed by atoms with E-state index < -0.39 is 6.03 Å². The summed E-state index contributed by atoms with van der Waals surface area (Å²) in [5.41, 5.74) is 2.03. The van der Waals surface area contributed by atoms with E-state index >= 15 is 0 Å². The van der Waals surface area contributed by atoms with Gasteiger partial charge in [-0.2, -0.15) is 0 Å². The van der Waals surface area contributed by atoms with Crippen LogP contribution in [-0.4, -0.2) is 35.7 Å². The van der Waals surface area contributed by atoms with E-state index in [1.807, 2.05) is 13.8 Å². The third-order valence-electron chi connectivity index (χ3n) is 3.71. The first kappa shape index (κ1) is 18.9. The van der Waals surface area contributed by atoms with Crippen LogP contribution < -0.4 is 20.7 Å². The zero-order chi connectivity index (χ0) is 19.2. The Morgan fingerprint density at radius 1 is 1.30 bits per heavy atom. The molecule has 1 aromatic carbocycles. The number of amides is 2. The maximum atomic E-state index is 12.3. The van der Waals surface area contributed by atoms with Crippen LogP contribution >= 0.6 is 11.6 Å². The van der Waals surface area contributed by atoms with Crippen LogP contribution in [0.3, 0.4) is 0 Å². The molecule has 2 heterocycles. The third kappa shape index (κ3) is 5.32. The highest BCUT2D eigenvalue weighted by Crippen LogP contribution is 2.31. The van der Waals surface area contributed by atoms with Gasteiger partial charge in [-0.1, -0.05) is 11.6 Å². The van der Waals surface area contributed by atoms with E-state index in [4.69, 9.17) is 21.1 Å². The van der Waals surface area contributed by atoms with Gasteiger partial charge in [0.15, 0.2) is 11.6 Å². The quantitative estimate of drug-likeness (QED) is 0.694. The van der Waals surface area contributed by atoms with E-state index in [0.29, 0.717) is 41.2 Å². The molecular weight excluding hydrogens is 370 g/mol. The van der Waals surface area contributed by atoms with Crippen LogP contribution in [0.1, 0.15) is 11.3 Å². The number of nitrogens with zero attached hydrogens (tertiary/aromatic N) is 2. The number of carbonyl (C=O) groups excluding carboxylic acids is 1. The molecule has 2 aromatic rings. The summed E-state index contributed by atoms with van der Waals surface area (Å²) in [5.74, 6) is 1.41. The molecule has 0 atom stereocenters. The monoisotopic (exact) mass is 389 g/mol. The van der Waals surface area contributed by atoms with Crippen LogP contribution in [0, 0.1) is 13.8 Å². The highest BCUT2D eigenvalue weighted by atomic mass is 35.5. The molecule has 8 nitrogen and oxygen atoms in total. The highest BCUT2D eigenvalue weighted by molar-refractivity contribution is 6.31. The maximum absolute atomic E-state index is 12.3. The van der Waals surface area contributed by atoms with Gasteiger partial charge in [-0.3, -0.25) is 10.3 Å². The van der Waals surface area contributed by atoms with Crippen LogP contribution in [0.2, 0.25) is 5.02 Å². The Bertz CT molecular complexity index is 847. The third-order valence-corrected chi connectivity index (χ3v) is 4.12. The Labute approximate surface area is 161 Å². The molecule has 27 heavy (non-hydrogen) atoms. The molecule has 3 rings (SSSR count). The van der Waals surface area contributed by atoms with E-state index in [1.165, 1.54) is 12.5 Å². The van der Waals surface area contributed by atoms with Crippen molar-refractivity contribution in [3.63, 3.8) is 0 Å². The Kier molecular flexibility index (Phi) is 6.10. The molecule has 1 aliphatic heterocycles. The van der Waals surface area contributed by atoms with E-state index in [2.05, 4.69) is 25.9 Å². The Morgan fingerprint density at radius 2 is 2.15 bits per heavy atom. The normalized spacial score (nSPS) is 15.1. The van der Waals surface area contributed by atoms with Crippen LogP contribution in [0.15, 0.2) is 36.5 Å². The lowest BCUT2D eigenvalue weighted by Gasteiger charge is -2.18. The number of benzene rings is 1. The van der Waals surface area contributed by atoms with Crippen LogP contribution in [-0.2, 0) is 4.74 Å². The van der Waals surface area contributed by atoms with Crippen molar-refractivity contribution >= 4 is 29.1 Å². The number of halogens is 1. The molecule has 142 valence electrons. The van der Waals surface area contributed by atoms with E-state index in [1.54, 1.807) is 18.3 Å². The van der Waals surface area contributed by atoms with Gasteiger partial charge in [-0.25, -0.2) is 9.78 Å². The van der Waals surface area contributed by atoms with Crippen molar-refractivity contribution < 1.29 is 14.3 Å². The van der Waals surface area contributed by atoms with Gasteiger partial charge in [0.2, 0.25) is 0 Å². The molecule has 0 bridgehead atoms. The maximum Gasteiger partial charge on any atom is 0.325 e. The molecule has 0 spiro atoms. The van der Waals surface area contributed by atoms with Crippen molar-refractivity contribution in [2.24, 2.45) is 0 Å². The second-order valence-electron chi connectivity index (χ2n) is 5.95. The van der Waals surface area contributed by atoms with E-state index in [-0.39, 0.29) is 0 Å². The summed E-state index contributed by atoms with van der Waals surface area (Å²) in [7, 11) is 0. The zero-order valence-electron chi connectivity index (χ0n) is 15.0. The first-order valence-corrected chi connectivity index (χ1v) is 8.75. The van der Waals surface area contributed by atoms with Gasteiger partial charge in [-0.05, 0) is 25.5 Å². The van der Waals surface area contributed by atoms with Gasteiger partial charge < -0.3 is 20.1 Å². The SMILES string of the molecule is Cc1cnc(NC(=O)Nc2cc(C)c(Cl)cc2O/C=C2/CNCCO2)cn1. The molecule has 1 aliphatic rings. The molecule has 3 N–H and O–H groups in total. The number of ether oxygens (including phenoxy) is 2. The molecule has 1 fully saturated rings. The molecule has 0 radical (unpaired) electrons. The predicted molar refractivity (Wildman–Crippen MR) is 103 cm³/mol. The number of hydrogen-bond acceptors (Lipinski definition) is 6. The summed E-state index contributed by atoms with van der Waals surface area (Å²) in [6, 6.07) is 2.91. The number of aromatic nitrogens is 2. The average molecular weight is 390 g/mol. The minimum atomic E-state index is -0.469. The van der Waals surface area contributed by atoms with Gasteiger partial charge in [0, 0.05) is 17.6 Å². The average Bonchev–Trinajstić information content (AvgIpc) is 2.66. The van der Waals surface area contributed by atoms with Crippen molar-refractivity contribution in [3.8, 4) is 5.75 Å². The second kappa shape index (κ2) is 8.70. The number of aryl methyl sites for hydroxylation is 2. The topological polar surface area (TPSA) is 97.4 Å². The number of morpholine rings is 1. The number of hydrogen-bond donors (Lipinski definition) is 3. The van der Waals surface area contributed by atoms with Gasteiger partial charge in [0.25, 0.3) is 0 Å². The lowest BCUT2D eigenvalue weighted by atomic mass is 10.2. The molecule has 9 heteroatoms. The van der Waals surface area contributed by atoms with Crippen LogP contribution in [0.25, 0.3) is 0 Å². The van der Waals surface area contributed by atoms with E-state index in [0.717, 1.165) is 17.8 Å². The van der Waals surface area contributed by atoms with Crippen LogP contribution in [0.4, 0.5) is 16.3 Å². The first-order chi connectivity index (χ1) is 13.0. The second-order valence-corrected chi connectivity index (χ2v) is 6.35. The molecular formula is C18H20ClN5O3. The number of rotatable bonds is 4. The molecule has 0 unspecified atom stereocenters. The van der Waals surface area contributed by atoms with Crippen molar-refractivity contribution in [2.75, 3.05) is 30.3 Å². The Hall–Kier alpha value is -2.84. The van der Waals surface area contributed by atoms with Crippen LogP contribution in [0.5, 0.6) is 5.75 Å².